The fourth-order valence-corrected chi connectivity index (χ4v) is 4.18. The van der Waals surface area contributed by atoms with Gasteiger partial charge in [0.05, 0.1) is 32.4 Å². The molecular weight excluding hydrogens is 472 g/mol. The van der Waals surface area contributed by atoms with Crippen molar-refractivity contribution in [1.29, 1.82) is 0 Å². The summed E-state index contributed by atoms with van der Waals surface area (Å²) in [5.74, 6) is -3.89. The molecule has 36 heavy (non-hydrogen) atoms. The van der Waals surface area contributed by atoms with Crippen LogP contribution in [0.4, 0.5) is 14.5 Å². The van der Waals surface area contributed by atoms with E-state index in [0.29, 0.717) is 17.9 Å². The van der Waals surface area contributed by atoms with Crippen molar-refractivity contribution in [3.8, 4) is 17.2 Å². The zero-order valence-electron chi connectivity index (χ0n) is 19.7. The summed E-state index contributed by atoms with van der Waals surface area (Å²) in [6, 6.07) is 13.0. The number of carbonyl (C=O) groups is 2. The van der Waals surface area contributed by atoms with Crippen LogP contribution in [0.15, 0.2) is 66.2 Å². The second kappa shape index (κ2) is 10.1. The summed E-state index contributed by atoms with van der Waals surface area (Å²) in [7, 11) is 2.77. The SMILES string of the molecule is CCOc1ccc(C2/C(=C(\O)c3c(OC)cccc3OC)C(=O)C(=O)N2c2ccc(F)c(F)c2)cc1. The number of hydrogen-bond donors (Lipinski definition) is 1. The third-order valence-corrected chi connectivity index (χ3v) is 5.80. The van der Waals surface area contributed by atoms with Crippen LogP contribution in [0.3, 0.4) is 0 Å². The van der Waals surface area contributed by atoms with E-state index in [1.165, 1.54) is 20.3 Å². The number of ketones is 1. The van der Waals surface area contributed by atoms with Gasteiger partial charge in [0, 0.05) is 11.8 Å². The maximum absolute atomic E-state index is 14.1. The Balaban J connectivity index is 1.98. The van der Waals surface area contributed by atoms with Gasteiger partial charge in [0.25, 0.3) is 11.7 Å². The molecule has 1 saturated heterocycles. The molecule has 7 nitrogen and oxygen atoms in total. The van der Waals surface area contributed by atoms with Crippen LogP contribution in [-0.4, -0.2) is 37.6 Å². The molecule has 186 valence electrons. The molecule has 1 atom stereocenters. The minimum Gasteiger partial charge on any atom is -0.506 e. The minimum atomic E-state index is -1.19. The lowest BCUT2D eigenvalue weighted by atomic mass is 9.94. The summed E-state index contributed by atoms with van der Waals surface area (Å²) < 4.78 is 44.0. The topological polar surface area (TPSA) is 85.3 Å². The van der Waals surface area contributed by atoms with Gasteiger partial charge in [-0.1, -0.05) is 18.2 Å². The van der Waals surface area contributed by atoms with Crippen LogP contribution in [0, 0.1) is 11.6 Å². The van der Waals surface area contributed by atoms with Gasteiger partial charge in [-0.05, 0) is 48.9 Å². The van der Waals surface area contributed by atoms with Gasteiger partial charge in [0.1, 0.15) is 28.6 Å². The van der Waals surface area contributed by atoms with Gasteiger partial charge in [-0.3, -0.25) is 14.5 Å². The summed E-state index contributed by atoms with van der Waals surface area (Å²) in [6.45, 7) is 2.26. The lowest BCUT2D eigenvalue weighted by molar-refractivity contribution is -0.132. The number of rotatable bonds is 7. The predicted octanol–water partition coefficient (Wildman–Crippen LogP) is 5.01. The zero-order chi connectivity index (χ0) is 26.0. The van der Waals surface area contributed by atoms with Crippen LogP contribution in [0.2, 0.25) is 0 Å². The number of aliphatic hydroxyl groups excluding tert-OH is 1. The number of anilines is 1. The molecule has 1 unspecified atom stereocenters. The third kappa shape index (κ3) is 4.24. The number of amides is 1. The Morgan fingerprint density at radius 2 is 1.58 bits per heavy atom. The van der Waals surface area contributed by atoms with Gasteiger partial charge in [0.2, 0.25) is 0 Å². The van der Waals surface area contributed by atoms with Crippen molar-refractivity contribution in [1.82, 2.24) is 0 Å². The van der Waals surface area contributed by atoms with E-state index in [1.807, 2.05) is 6.92 Å². The van der Waals surface area contributed by atoms with Crippen molar-refractivity contribution in [2.24, 2.45) is 0 Å². The van der Waals surface area contributed by atoms with Crippen LogP contribution in [-0.2, 0) is 9.59 Å². The first-order valence-corrected chi connectivity index (χ1v) is 11.0. The molecule has 4 rings (SSSR count). The Morgan fingerprint density at radius 3 is 2.14 bits per heavy atom. The average molecular weight is 495 g/mol. The molecule has 9 heteroatoms. The molecule has 0 aromatic heterocycles. The molecule has 3 aromatic rings. The number of benzene rings is 3. The standard InChI is InChI=1S/C27H23F2NO6/c1-4-36-17-11-8-15(9-12-17)24-23(25(31)22-20(34-2)6-5-7-21(22)35-3)26(32)27(33)30(24)16-10-13-18(28)19(29)14-16/h5-14,24,31H,4H2,1-3H3/b25-23+. The van der Waals surface area contributed by atoms with Crippen molar-refractivity contribution < 1.29 is 37.7 Å². The first-order chi connectivity index (χ1) is 17.3. The van der Waals surface area contributed by atoms with E-state index in [9.17, 15) is 23.5 Å². The van der Waals surface area contributed by atoms with Crippen molar-refractivity contribution in [3.05, 3.63) is 89.0 Å². The van der Waals surface area contributed by atoms with Gasteiger partial charge in [0.15, 0.2) is 11.6 Å². The van der Waals surface area contributed by atoms with E-state index < -0.39 is 35.1 Å². The Morgan fingerprint density at radius 1 is 0.944 bits per heavy atom. The molecule has 0 spiro atoms. The largest absolute Gasteiger partial charge is 0.506 e. The summed E-state index contributed by atoms with van der Waals surface area (Å²) in [5, 5.41) is 11.4. The van der Waals surface area contributed by atoms with E-state index in [0.717, 1.165) is 17.0 Å². The van der Waals surface area contributed by atoms with Crippen LogP contribution < -0.4 is 19.1 Å². The van der Waals surface area contributed by atoms with Gasteiger partial charge >= 0.3 is 0 Å². The number of methoxy groups -OCH3 is 2. The molecule has 0 radical (unpaired) electrons. The third-order valence-electron chi connectivity index (χ3n) is 5.80. The molecular formula is C27H23F2NO6. The van der Waals surface area contributed by atoms with E-state index in [4.69, 9.17) is 14.2 Å². The zero-order valence-corrected chi connectivity index (χ0v) is 19.7. The average Bonchev–Trinajstić information content (AvgIpc) is 3.15. The van der Waals surface area contributed by atoms with E-state index in [2.05, 4.69) is 0 Å². The minimum absolute atomic E-state index is 0.0547. The van der Waals surface area contributed by atoms with Crippen LogP contribution >= 0.6 is 0 Å². The molecule has 1 N–H and O–H groups in total. The predicted molar refractivity (Wildman–Crippen MR) is 128 cm³/mol. The van der Waals surface area contributed by atoms with Crippen LogP contribution in [0.5, 0.6) is 17.2 Å². The lowest BCUT2D eigenvalue weighted by Crippen LogP contribution is -2.29. The smallest absolute Gasteiger partial charge is 0.300 e. The molecule has 1 aliphatic heterocycles. The van der Waals surface area contributed by atoms with Gasteiger partial charge in [-0.15, -0.1) is 0 Å². The van der Waals surface area contributed by atoms with Crippen LogP contribution in [0.1, 0.15) is 24.1 Å². The number of carbonyl (C=O) groups excluding carboxylic acids is 2. The van der Waals surface area contributed by atoms with Crippen molar-refractivity contribution in [2.45, 2.75) is 13.0 Å². The molecule has 0 saturated carbocycles. The Bertz CT molecular complexity index is 1330. The van der Waals surface area contributed by atoms with E-state index in [-0.39, 0.29) is 28.3 Å². The van der Waals surface area contributed by atoms with Gasteiger partial charge in [-0.2, -0.15) is 0 Å². The highest BCUT2D eigenvalue weighted by molar-refractivity contribution is 6.51. The normalized spacial score (nSPS) is 16.8. The second-order valence-corrected chi connectivity index (χ2v) is 7.81. The Kier molecular flexibility index (Phi) is 6.91. The highest BCUT2D eigenvalue weighted by atomic mass is 19.2. The highest BCUT2D eigenvalue weighted by Gasteiger charge is 2.47. The Hall–Kier alpha value is -4.40. The summed E-state index contributed by atoms with van der Waals surface area (Å²) >= 11 is 0. The molecule has 0 bridgehead atoms. The van der Waals surface area contributed by atoms with Crippen molar-refractivity contribution in [2.75, 3.05) is 25.7 Å². The number of aliphatic hydroxyl groups is 1. The number of ether oxygens (including phenoxy) is 3. The number of nitrogens with zero attached hydrogens (tertiary/aromatic N) is 1. The van der Waals surface area contributed by atoms with Gasteiger partial charge < -0.3 is 19.3 Å². The molecule has 1 amide bonds. The lowest BCUT2D eigenvalue weighted by Gasteiger charge is -2.26. The van der Waals surface area contributed by atoms with Gasteiger partial charge in [-0.25, -0.2) is 8.78 Å². The number of halogens is 2. The Labute approximate surface area is 206 Å². The molecule has 1 fully saturated rings. The maximum atomic E-state index is 14.1. The molecule has 1 aliphatic rings. The summed E-state index contributed by atoms with van der Waals surface area (Å²) in [4.78, 5) is 27.6. The number of hydrogen-bond acceptors (Lipinski definition) is 6. The monoisotopic (exact) mass is 495 g/mol. The van der Waals surface area contributed by atoms with Crippen LogP contribution in [0.25, 0.3) is 5.76 Å². The molecule has 0 aliphatic carbocycles. The molecule has 3 aromatic carbocycles. The fourth-order valence-electron chi connectivity index (χ4n) is 4.18. The first kappa shape index (κ1) is 24.7. The molecule has 1 heterocycles. The fraction of sp³-hybridized carbons (Fsp3) is 0.185. The van der Waals surface area contributed by atoms with E-state index in [1.54, 1.807) is 42.5 Å². The number of Topliss-reactive ketones (excluding diaryl/α,β-unsaturated/α-hetero) is 1. The quantitative estimate of drug-likeness (QED) is 0.282. The van der Waals surface area contributed by atoms with Crippen molar-refractivity contribution in [3.63, 3.8) is 0 Å². The first-order valence-electron chi connectivity index (χ1n) is 11.0. The summed E-state index contributed by atoms with van der Waals surface area (Å²) in [6.07, 6.45) is 0. The van der Waals surface area contributed by atoms with Crippen molar-refractivity contribution >= 4 is 23.1 Å². The maximum Gasteiger partial charge on any atom is 0.300 e. The summed E-state index contributed by atoms with van der Waals surface area (Å²) in [5.41, 5.74) is 0.178. The van der Waals surface area contributed by atoms with E-state index >= 15 is 0 Å². The second-order valence-electron chi connectivity index (χ2n) is 7.81. The highest BCUT2D eigenvalue weighted by Crippen LogP contribution is 2.45.